The summed E-state index contributed by atoms with van der Waals surface area (Å²) in [7, 11) is 3.27. The average Bonchev–Trinajstić information content (AvgIpc) is 3.09. The van der Waals surface area contributed by atoms with Gasteiger partial charge in [0, 0.05) is 24.8 Å². The summed E-state index contributed by atoms with van der Waals surface area (Å²) in [5, 5.41) is 4.42. The van der Waals surface area contributed by atoms with Gasteiger partial charge in [0.2, 0.25) is 0 Å². The normalized spacial score (nSPS) is 10.6. The molecule has 0 spiro atoms. The highest BCUT2D eigenvalue weighted by Gasteiger charge is 2.18. The number of hydrogen-bond donors (Lipinski definition) is 1. The van der Waals surface area contributed by atoms with Gasteiger partial charge < -0.3 is 15.0 Å². The molecule has 3 aromatic rings. The van der Waals surface area contributed by atoms with E-state index in [0.717, 1.165) is 0 Å². The molecule has 1 heterocycles. The third kappa shape index (κ3) is 5.30. The minimum Gasteiger partial charge on any atom is -0.486 e. The first-order valence-electron chi connectivity index (χ1n) is 8.92. The van der Waals surface area contributed by atoms with Gasteiger partial charge >= 0.3 is 0 Å². The Balaban J connectivity index is 1.71. The Kier molecular flexibility index (Phi) is 6.97. The minimum atomic E-state index is -0.312. The number of nitrogens with one attached hydrogen (secondary N) is 1. The summed E-state index contributed by atoms with van der Waals surface area (Å²) in [6.45, 7) is 2.00. The van der Waals surface area contributed by atoms with E-state index in [1.165, 1.54) is 16.2 Å². The van der Waals surface area contributed by atoms with Crippen LogP contribution in [0.1, 0.15) is 30.7 Å². The Morgan fingerprint density at radius 1 is 1.13 bits per heavy atom. The predicted molar refractivity (Wildman–Crippen MR) is 120 cm³/mol. The van der Waals surface area contributed by atoms with Gasteiger partial charge in [-0.2, -0.15) is 0 Å². The van der Waals surface area contributed by atoms with Gasteiger partial charge in [0.05, 0.1) is 16.3 Å². The van der Waals surface area contributed by atoms with Gasteiger partial charge in [-0.3, -0.25) is 9.59 Å². The lowest BCUT2D eigenvalue weighted by molar-refractivity contribution is 0.0827. The Morgan fingerprint density at radius 3 is 2.50 bits per heavy atom. The van der Waals surface area contributed by atoms with Crippen LogP contribution in [0.3, 0.4) is 0 Å². The second-order valence-corrected chi connectivity index (χ2v) is 8.54. The molecule has 0 fully saturated rings. The molecule has 0 unspecified atom stereocenters. The molecule has 2 amide bonds. The Labute approximate surface area is 188 Å². The number of carbonyl (C=O) groups is 2. The number of aromatic nitrogens is 1. The van der Waals surface area contributed by atoms with Gasteiger partial charge in [-0.25, -0.2) is 4.98 Å². The maximum absolute atomic E-state index is 12.7. The molecular weight excluding hydrogens is 445 g/mol. The van der Waals surface area contributed by atoms with Gasteiger partial charge in [0.1, 0.15) is 22.2 Å². The Morgan fingerprint density at radius 2 is 1.83 bits per heavy atom. The van der Waals surface area contributed by atoms with Crippen LogP contribution in [-0.4, -0.2) is 35.8 Å². The summed E-state index contributed by atoms with van der Waals surface area (Å²) >= 11 is 13.2. The molecule has 1 N–H and O–H groups in total. The highest BCUT2D eigenvalue weighted by molar-refractivity contribution is 7.13. The van der Waals surface area contributed by atoms with Crippen molar-refractivity contribution in [2.24, 2.45) is 0 Å². The van der Waals surface area contributed by atoms with Crippen molar-refractivity contribution >= 4 is 52.0 Å². The molecule has 0 aliphatic rings. The van der Waals surface area contributed by atoms with E-state index < -0.39 is 0 Å². The van der Waals surface area contributed by atoms with E-state index in [2.05, 4.69) is 10.3 Å². The molecule has 0 aliphatic heterocycles. The third-order valence-corrected chi connectivity index (χ3v) is 5.80. The first-order chi connectivity index (χ1) is 14.2. The second kappa shape index (κ2) is 9.47. The second-order valence-electron chi connectivity index (χ2n) is 6.61. The van der Waals surface area contributed by atoms with Gasteiger partial charge in [-0.05, 0) is 49.4 Å². The van der Waals surface area contributed by atoms with Crippen LogP contribution in [0, 0.1) is 6.92 Å². The highest BCUT2D eigenvalue weighted by Crippen LogP contribution is 2.25. The van der Waals surface area contributed by atoms with Gasteiger partial charge in [0.25, 0.3) is 11.8 Å². The Hall–Kier alpha value is -2.61. The minimum absolute atomic E-state index is 0.239. The fourth-order valence-electron chi connectivity index (χ4n) is 2.60. The molecule has 1 aromatic heterocycles. The summed E-state index contributed by atoms with van der Waals surface area (Å²) in [5.74, 6) is 0.109. The number of aryl methyl sites for hydroxylation is 1. The zero-order chi connectivity index (χ0) is 21.8. The van der Waals surface area contributed by atoms with Crippen LogP contribution in [-0.2, 0) is 6.61 Å². The summed E-state index contributed by atoms with van der Waals surface area (Å²) in [6, 6.07) is 11.8. The van der Waals surface area contributed by atoms with E-state index in [0.29, 0.717) is 42.6 Å². The third-order valence-electron chi connectivity index (χ3n) is 4.08. The molecule has 0 radical (unpaired) electrons. The first-order valence-corrected chi connectivity index (χ1v) is 10.5. The first kappa shape index (κ1) is 22.1. The van der Waals surface area contributed by atoms with Crippen LogP contribution in [0.2, 0.25) is 10.0 Å². The van der Waals surface area contributed by atoms with Crippen molar-refractivity contribution in [2.45, 2.75) is 13.5 Å². The number of nitrogens with zero attached hydrogens (tertiary/aromatic N) is 2. The smallest absolute Gasteiger partial charge is 0.267 e. The lowest BCUT2D eigenvalue weighted by Crippen LogP contribution is -2.22. The van der Waals surface area contributed by atoms with E-state index in [-0.39, 0.29) is 18.4 Å². The van der Waals surface area contributed by atoms with Crippen molar-refractivity contribution in [1.29, 1.82) is 0 Å². The van der Waals surface area contributed by atoms with Crippen LogP contribution in [0.15, 0.2) is 42.5 Å². The van der Waals surface area contributed by atoms with E-state index in [1.807, 2.05) is 0 Å². The molecule has 0 saturated carbocycles. The topological polar surface area (TPSA) is 71.5 Å². The number of benzene rings is 2. The molecular formula is C21H19Cl2N3O3S. The van der Waals surface area contributed by atoms with Gasteiger partial charge in [0.15, 0.2) is 0 Å². The zero-order valence-corrected chi connectivity index (χ0v) is 18.9. The number of ether oxygens (including phenoxy) is 1. The van der Waals surface area contributed by atoms with Crippen LogP contribution in [0.25, 0.3) is 0 Å². The van der Waals surface area contributed by atoms with Crippen LogP contribution >= 0.6 is 34.5 Å². The summed E-state index contributed by atoms with van der Waals surface area (Å²) in [4.78, 5) is 31.3. The lowest BCUT2D eigenvalue weighted by Gasteiger charge is -2.13. The fraction of sp³-hybridized carbons (Fsp3) is 0.190. The van der Waals surface area contributed by atoms with Crippen LogP contribution in [0.5, 0.6) is 5.75 Å². The molecule has 0 bridgehead atoms. The maximum Gasteiger partial charge on any atom is 0.267 e. The predicted octanol–water partition coefficient (Wildman–Crippen LogP) is 5.29. The maximum atomic E-state index is 12.7. The molecule has 156 valence electrons. The summed E-state index contributed by atoms with van der Waals surface area (Å²) < 4.78 is 5.69. The molecule has 9 heteroatoms. The van der Waals surface area contributed by atoms with Gasteiger partial charge in [-0.1, -0.05) is 23.2 Å². The van der Waals surface area contributed by atoms with Crippen LogP contribution in [0.4, 0.5) is 5.69 Å². The monoisotopic (exact) mass is 463 g/mol. The van der Waals surface area contributed by atoms with Crippen molar-refractivity contribution in [3.63, 3.8) is 0 Å². The number of amides is 2. The van der Waals surface area contributed by atoms with Gasteiger partial charge in [-0.15, -0.1) is 11.3 Å². The van der Waals surface area contributed by atoms with Crippen molar-refractivity contribution in [3.05, 3.63) is 73.7 Å². The zero-order valence-electron chi connectivity index (χ0n) is 16.5. The fourth-order valence-corrected chi connectivity index (χ4v) is 3.79. The number of hydrogen-bond acceptors (Lipinski definition) is 5. The summed E-state index contributed by atoms with van der Waals surface area (Å²) in [6.07, 6.45) is 0. The molecule has 0 saturated heterocycles. The number of rotatable bonds is 6. The standard InChI is InChI=1S/C21H19Cl2N3O3S/c1-12-19(30-18(24-12)11-29-15-7-4-13(22)5-8-15)20(27)25-14-6-9-17(23)16(10-14)21(28)26(2)3/h4-10H,11H2,1-3H3,(H,25,27). The van der Waals surface area contributed by atoms with Crippen LogP contribution < -0.4 is 10.1 Å². The van der Waals surface area contributed by atoms with E-state index in [1.54, 1.807) is 63.5 Å². The summed E-state index contributed by atoms with van der Waals surface area (Å²) in [5.41, 5.74) is 1.39. The van der Waals surface area contributed by atoms with Crippen molar-refractivity contribution in [2.75, 3.05) is 19.4 Å². The van der Waals surface area contributed by atoms with Crippen molar-refractivity contribution < 1.29 is 14.3 Å². The lowest BCUT2D eigenvalue weighted by atomic mass is 10.1. The highest BCUT2D eigenvalue weighted by atomic mass is 35.5. The molecule has 2 aromatic carbocycles. The number of thiazole rings is 1. The van der Waals surface area contributed by atoms with Crippen molar-refractivity contribution in [3.8, 4) is 5.75 Å². The van der Waals surface area contributed by atoms with E-state index >= 15 is 0 Å². The average molecular weight is 464 g/mol. The molecule has 3 rings (SSSR count). The largest absolute Gasteiger partial charge is 0.486 e. The number of carbonyl (C=O) groups excluding carboxylic acids is 2. The molecule has 0 atom stereocenters. The Bertz CT molecular complexity index is 1080. The SMILES string of the molecule is Cc1nc(COc2ccc(Cl)cc2)sc1C(=O)Nc1ccc(Cl)c(C(=O)N(C)C)c1. The van der Waals surface area contributed by atoms with E-state index in [9.17, 15) is 9.59 Å². The van der Waals surface area contributed by atoms with Crippen molar-refractivity contribution in [1.82, 2.24) is 9.88 Å². The molecule has 6 nitrogen and oxygen atoms in total. The quantitative estimate of drug-likeness (QED) is 0.538. The number of halogens is 2. The molecule has 30 heavy (non-hydrogen) atoms. The molecule has 0 aliphatic carbocycles. The number of anilines is 1. The van der Waals surface area contributed by atoms with E-state index in [4.69, 9.17) is 27.9 Å².